The number of carbonyl (C=O) groups is 2. The zero-order chi connectivity index (χ0) is 8.97. The number of nitrogens with zero attached hydrogens (tertiary/aromatic N) is 1. The van der Waals surface area contributed by atoms with Gasteiger partial charge in [-0.05, 0) is 23.7 Å². The highest BCUT2D eigenvalue weighted by Crippen LogP contribution is 2.02. The van der Waals surface area contributed by atoms with Gasteiger partial charge in [-0.2, -0.15) is 0 Å². The smallest absolute Gasteiger partial charge is 0.229 e. The number of hydrogen-bond donors (Lipinski definition) is 0. The van der Waals surface area contributed by atoms with E-state index >= 15 is 0 Å². The Balaban J connectivity index is 2.73. The lowest BCUT2D eigenvalue weighted by Gasteiger charge is -1.94. The first-order chi connectivity index (χ1) is 5.70. The maximum absolute atomic E-state index is 11.1. The lowest BCUT2D eigenvalue weighted by atomic mass is 10.1. The number of Topliss-reactive ketones (excluding diaryl/α,β-unsaturated/α-hetero) is 1. The molecule has 1 aromatic rings. The van der Waals surface area contributed by atoms with Crippen LogP contribution >= 0.6 is 11.6 Å². The fourth-order valence-corrected chi connectivity index (χ4v) is 0.877. The van der Waals surface area contributed by atoms with E-state index < -0.39 is 5.24 Å². The zero-order valence-corrected chi connectivity index (χ0v) is 6.91. The van der Waals surface area contributed by atoms with Crippen molar-refractivity contribution in [1.82, 2.24) is 4.98 Å². The monoisotopic (exact) mass is 183 g/mol. The van der Waals surface area contributed by atoms with E-state index in [9.17, 15) is 9.59 Å². The summed E-state index contributed by atoms with van der Waals surface area (Å²) in [7, 11) is 0. The van der Waals surface area contributed by atoms with E-state index in [2.05, 4.69) is 4.98 Å². The number of aromatic nitrogens is 1. The van der Waals surface area contributed by atoms with E-state index in [0.717, 1.165) is 0 Å². The molecular formula is C8H6ClNO2. The highest BCUT2D eigenvalue weighted by atomic mass is 35.5. The maximum Gasteiger partial charge on any atom is 0.229 e. The van der Waals surface area contributed by atoms with Crippen LogP contribution in [0, 0.1) is 0 Å². The predicted octanol–water partition coefficient (Wildman–Crippen LogP) is 1.42. The molecule has 0 bridgehead atoms. The minimum absolute atomic E-state index is 0.271. The topological polar surface area (TPSA) is 47.0 Å². The molecule has 0 aliphatic carbocycles. The van der Waals surface area contributed by atoms with Crippen LogP contribution in [0.1, 0.15) is 16.8 Å². The molecule has 0 amide bonds. The molecule has 0 fully saturated rings. The molecule has 1 aromatic heterocycles. The largest absolute Gasteiger partial charge is 0.294 e. The highest BCUT2D eigenvalue weighted by molar-refractivity contribution is 6.65. The van der Waals surface area contributed by atoms with Crippen LogP contribution < -0.4 is 0 Å². The Kier molecular flexibility index (Phi) is 2.94. The molecule has 1 rings (SSSR count). The van der Waals surface area contributed by atoms with Gasteiger partial charge in [-0.15, -0.1) is 0 Å². The number of pyridine rings is 1. The summed E-state index contributed by atoms with van der Waals surface area (Å²) in [4.78, 5) is 25.2. The van der Waals surface area contributed by atoms with Gasteiger partial charge in [0, 0.05) is 18.0 Å². The summed E-state index contributed by atoms with van der Waals surface area (Å²) in [6, 6.07) is 3.22. The van der Waals surface area contributed by atoms with E-state index in [0.29, 0.717) is 5.56 Å². The van der Waals surface area contributed by atoms with Crippen LogP contribution in [0.15, 0.2) is 24.5 Å². The highest BCUT2D eigenvalue weighted by Gasteiger charge is 2.08. The molecule has 0 radical (unpaired) electrons. The Labute approximate surface area is 74.4 Å². The first-order valence-corrected chi connectivity index (χ1v) is 3.69. The zero-order valence-electron chi connectivity index (χ0n) is 6.16. The third-order valence-corrected chi connectivity index (χ3v) is 1.42. The molecule has 0 saturated heterocycles. The molecule has 0 aliphatic heterocycles. The number of hydrogen-bond acceptors (Lipinski definition) is 3. The van der Waals surface area contributed by atoms with E-state index in [1.807, 2.05) is 0 Å². The van der Waals surface area contributed by atoms with Crippen LogP contribution in [0.5, 0.6) is 0 Å². The van der Waals surface area contributed by atoms with E-state index in [4.69, 9.17) is 11.6 Å². The van der Waals surface area contributed by atoms with Crippen molar-refractivity contribution in [2.24, 2.45) is 0 Å². The van der Waals surface area contributed by atoms with Crippen LogP contribution in [-0.2, 0) is 4.79 Å². The first kappa shape index (κ1) is 8.87. The van der Waals surface area contributed by atoms with Crippen molar-refractivity contribution in [3.05, 3.63) is 30.1 Å². The summed E-state index contributed by atoms with van der Waals surface area (Å²) < 4.78 is 0. The second-order valence-corrected chi connectivity index (χ2v) is 2.62. The number of halogens is 1. The molecule has 0 atom stereocenters. The molecule has 0 aromatic carbocycles. The second kappa shape index (κ2) is 3.97. The fourth-order valence-electron chi connectivity index (χ4n) is 0.756. The Morgan fingerprint density at radius 1 is 1.50 bits per heavy atom. The number of carbonyl (C=O) groups excluding carboxylic acids is 2. The maximum atomic E-state index is 11.1. The van der Waals surface area contributed by atoms with Gasteiger partial charge in [0.15, 0.2) is 5.78 Å². The van der Waals surface area contributed by atoms with Crippen LogP contribution in [0.25, 0.3) is 0 Å². The molecule has 62 valence electrons. The minimum atomic E-state index is -0.649. The van der Waals surface area contributed by atoms with Crippen molar-refractivity contribution in [3.63, 3.8) is 0 Å². The molecule has 12 heavy (non-hydrogen) atoms. The third-order valence-electron chi connectivity index (χ3n) is 1.28. The summed E-state index contributed by atoms with van der Waals surface area (Å²) >= 11 is 5.04. The van der Waals surface area contributed by atoms with E-state index in [-0.39, 0.29) is 12.2 Å². The molecule has 0 spiro atoms. The average Bonchev–Trinajstić information content (AvgIpc) is 2.05. The minimum Gasteiger partial charge on any atom is -0.294 e. The average molecular weight is 184 g/mol. The van der Waals surface area contributed by atoms with Crippen molar-refractivity contribution < 1.29 is 9.59 Å². The summed E-state index contributed by atoms with van der Waals surface area (Å²) in [5.41, 5.74) is 0.409. The number of rotatable bonds is 3. The molecule has 0 N–H and O–H groups in total. The standard InChI is InChI=1S/C8H6ClNO2/c9-8(12)4-7(11)6-2-1-3-10-5-6/h1-3,5H,4H2. The van der Waals surface area contributed by atoms with Crippen molar-refractivity contribution in [3.8, 4) is 0 Å². The summed E-state index contributed by atoms with van der Waals surface area (Å²) in [6.07, 6.45) is 2.69. The van der Waals surface area contributed by atoms with Gasteiger partial charge < -0.3 is 0 Å². The van der Waals surface area contributed by atoms with Crippen LogP contribution in [0.2, 0.25) is 0 Å². The SMILES string of the molecule is O=C(Cl)CC(=O)c1cccnc1. The quantitative estimate of drug-likeness (QED) is 0.405. The lowest BCUT2D eigenvalue weighted by Crippen LogP contribution is -2.03. The molecule has 4 heteroatoms. The van der Waals surface area contributed by atoms with Crippen molar-refractivity contribution in [2.45, 2.75) is 6.42 Å². The molecule has 0 unspecified atom stereocenters. The summed E-state index contributed by atoms with van der Waals surface area (Å²) in [6.45, 7) is 0. The van der Waals surface area contributed by atoms with Gasteiger partial charge in [-0.3, -0.25) is 14.6 Å². The Morgan fingerprint density at radius 2 is 2.25 bits per heavy atom. The van der Waals surface area contributed by atoms with Crippen molar-refractivity contribution in [2.75, 3.05) is 0 Å². The summed E-state index contributed by atoms with van der Waals surface area (Å²) in [5.74, 6) is -0.303. The van der Waals surface area contributed by atoms with Crippen LogP contribution in [0.4, 0.5) is 0 Å². The molecule has 0 aliphatic rings. The Hall–Kier alpha value is -1.22. The van der Waals surface area contributed by atoms with Gasteiger partial charge in [0.25, 0.3) is 0 Å². The van der Waals surface area contributed by atoms with Gasteiger partial charge in [-0.25, -0.2) is 0 Å². The second-order valence-electron chi connectivity index (χ2n) is 2.20. The normalized spacial score (nSPS) is 9.42. The van der Waals surface area contributed by atoms with Gasteiger partial charge >= 0.3 is 0 Å². The van der Waals surface area contributed by atoms with Gasteiger partial charge in [-0.1, -0.05) is 0 Å². The van der Waals surface area contributed by atoms with Gasteiger partial charge in [0.1, 0.15) is 0 Å². The molecule has 1 heterocycles. The molecule has 3 nitrogen and oxygen atoms in total. The van der Waals surface area contributed by atoms with E-state index in [1.54, 1.807) is 18.3 Å². The molecular weight excluding hydrogens is 178 g/mol. The van der Waals surface area contributed by atoms with Gasteiger partial charge in [0.05, 0.1) is 6.42 Å². The first-order valence-electron chi connectivity index (χ1n) is 3.31. The third kappa shape index (κ3) is 2.43. The fraction of sp³-hybridized carbons (Fsp3) is 0.125. The van der Waals surface area contributed by atoms with Crippen molar-refractivity contribution in [1.29, 1.82) is 0 Å². The number of ketones is 1. The predicted molar refractivity (Wildman–Crippen MR) is 44.0 cm³/mol. The molecule has 0 saturated carbocycles. The Bertz CT molecular complexity index is 297. The Morgan fingerprint density at radius 3 is 2.75 bits per heavy atom. The van der Waals surface area contributed by atoms with E-state index in [1.165, 1.54) is 6.20 Å². The summed E-state index contributed by atoms with van der Waals surface area (Å²) in [5, 5.41) is -0.649. The van der Waals surface area contributed by atoms with Gasteiger partial charge in [0.2, 0.25) is 5.24 Å². The lowest BCUT2D eigenvalue weighted by molar-refractivity contribution is -0.110. The van der Waals surface area contributed by atoms with Crippen LogP contribution in [-0.4, -0.2) is 16.0 Å². The van der Waals surface area contributed by atoms with Crippen LogP contribution in [0.3, 0.4) is 0 Å². The van der Waals surface area contributed by atoms with Crippen molar-refractivity contribution >= 4 is 22.6 Å².